The molecule has 1 fully saturated rings. The molecule has 1 amide bonds. The number of ether oxygens (including phenoxy) is 1. The van der Waals surface area contributed by atoms with Crippen molar-refractivity contribution in [2.24, 2.45) is 0 Å². The Hall–Kier alpha value is -2.25. The number of nitriles is 1. The van der Waals surface area contributed by atoms with E-state index in [1.807, 2.05) is 6.07 Å². The summed E-state index contributed by atoms with van der Waals surface area (Å²) < 4.78 is 32.1. The van der Waals surface area contributed by atoms with Gasteiger partial charge in [0.2, 0.25) is 10.0 Å². The standard InChI is InChI=1S/C16H15N3O4S2/c17-11-12-2-1-3-13(10-12)18-16(20)15-14(4-9-24-15)25(21,22)19-5-7-23-8-6-19/h1-4,9-10H,5-8H2,(H,18,20). The number of nitrogens with zero attached hydrogens (tertiary/aromatic N) is 2. The van der Waals surface area contributed by atoms with Crippen molar-refractivity contribution < 1.29 is 17.9 Å². The number of morpholine rings is 1. The Kier molecular flexibility index (Phi) is 5.15. The molecule has 1 N–H and O–H groups in total. The fourth-order valence-electron chi connectivity index (χ4n) is 2.45. The fourth-order valence-corrected chi connectivity index (χ4v) is 5.15. The summed E-state index contributed by atoms with van der Waals surface area (Å²) in [5, 5.41) is 13.1. The van der Waals surface area contributed by atoms with E-state index < -0.39 is 15.9 Å². The van der Waals surface area contributed by atoms with Crippen LogP contribution in [0.1, 0.15) is 15.2 Å². The summed E-state index contributed by atoms with van der Waals surface area (Å²) in [6.07, 6.45) is 0. The number of benzene rings is 1. The molecule has 0 spiro atoms. The van der Waals surface area contributed by atoms with E-state index in [1.54, 1.807) is 23.6 Å². The second-order valence-electron chi connectivity index (χ2n) is 5.28. The van der Waals surface area contributed by atoms with Gasteiger partial charge in [0.05, 0.1) is 24.8 Å². The Morgan fingerprint density at radius 2 is 2.04 bits per heavy atom. The van der Waals surface area contributed by atoms with Gasteiger partial charge in [-0.25, -0.2) is 8.42 Å². The third-order valence-electron chi connectivity index (χ3n) is 3.67. The van der Waals surface area contributed by atoms with E-state index in [2.05, 4.69) is 5.32 Å². The SMILES string of the molecule is N#Cc1cccc(NC(=O)c2sccc2S(=O)(=O)N2CCOCC2)c1. The van der Waals surface area contributed by atoms with Gasteiger partial charge >= 0.3 is 0 Å². The molecule has 0 saturated carbocycles. The van der Waals surface area contributed by atoms with Crippen LogP contribution in [0, 0.1) is 11.3 Å². The quantitative estimate of drug-likeness (QED) is 0.877. The molecule has 1 aromatic carbocycles. The van der Waals surface area contributed by atoms with Crippen molar-refractivity contribution in [3.8, 4) is 6.07 Å². The second-order valence-corrected chi connectivity index (χ2v) is 8.10. The predicted molar refractivity (Wildman–Crippen MR) is 93.0 cm³/mol. The van der Waals surface area contributed by atoms with Crippen LogP contribution in [0.5, 0.6) is 0 Å². The topological polar surface area (TPSA) is 99.5 Å². The van der Waals surface area contributed by atoms with Crippen molar-refractivity contribution in [1.82, 2.24) is 4.31 Å². The molecule has 0 aliphatic carbocycles. The fraction of sp³-hybridized carbons (Fsp3) is 0.250. The van der Waals surface area contributed by atoms with E-state index in [0.717, 1.165) is 11.3 Å². The van der Waals surface area contributed by atoms with Crippen molar-refractivity contribution in [3.63, 3.8) is 0 Å². The monoisotopic (exact) mass is 377 g/mol. The molecule has 1 aliphatic heterocycles. The molecule has 2 aromatic rings. The molecule has 2 heterocycles. The molecule has 1 aromatic heterocycles. The zero-order chi connectivity index (χ0) is 17.9. The highest BCUT2D eigenvalue weighted by molar-refractivity contribution is 7.89. The highest BCUT2D eigenvalue weighted by Gasteiger charge is 2.31. The third kappa shape index (κ3) is 3.72. The van der Waals surface area contributed by atoms with Crippen LogP contribution in [0.2, 0.25) is 0 Å². The number of carbonyl (C=O) groups is 1. The molecule has 3 rings (SSSR count). The minimum Gasteiger partial charge on any atom is -0.379 e. The highest BCUT2D eigenvalue weighted by Crippen LogP contribution is 2.27. The number of hydrogen-bond donors (Lipinski definition) is 1. The van der Waals surface area contributed by atoms with Crippen LogP contribution in [0.4, 0.5) is 5.69 Å². The number of hydrogen-bond acceptors (Lipinski definition) is 6. The molecule has 0 unspecified atom stereocenters. The van der Waals surface area contributed by atoms with Crippen molar-refractivity contribution in [2.45, 2.75) is 4.90 Å². The Labute approximate surface area is 149 Å². The van der Waals surface area contributed by atoms with Gasteiger partial charge in [0.1, 0.15) is 9.77 Å². The van der Waals surface area contributed by atoms with Gasteiger partial charge in [0.15, 0.2) is 0 Å². The molecule has 0 bridgehead atoms. The minimum absolute atomic E-state index is 0.00617. The Morgan fingerprint density at radius 3 is 2.76 bits per heavy atom. The number of thiophene rings is 1. The lowest BCUT2D eigenvalue weighted by Gasteiger charge is -2.26. The zero-order valence-electron chi connectivity index (χ0n) is 13.1. The molecule has 0 atom stereocenters. The minimum atomic E-state index is -3.75. The van der Waals surface area contributed by atoms with Gasteiger partial charge < -0.3 is 10.1 Å². The summed E-state index contributed by atoms with van der Waals surface area (Å²) in [4.78, 5) is 12.6. The summed E-state index contributed by atoms with van der Waals surface area (Å²) >= 11 is 1.06. The molecule has 7 nitrogen and oxygen atoms in total. The van der Waals surface area contributed by atoms with E-state index in [0.29, 0.717) is 24.5 Å². The lowest BCUT2D eigenvalue weighted by molar-refractivity contribution is 0.0730. The first kappa shape index (κ1) is 17.6. The Balaban J connectivity index is 1.85. The average molecular weight is 377 g/mol. The van der Waals surface area contributed by atoms with E-state index in [-0.39, 0.29) is 22.9 Å². The molecule has 1 saturated heterocycles. The van der Waals surface area contributed by atoms with Gasteiger partial charge in [0, 0.05) is 18.8 Å². The van der Waals surface area contributed by atoms with E-state index in [9.17, 15) is 13.2 Å². The maximum atomic E-state index is 12.8. The largest absolute Gasteiger partial charge is 0.379 e. The predicted octanol–water partition coefficient (Wildman–Crippen LogP) is 1.89. The van der Waals surface area contributed by atoms with Crippen LogP contribution >= 0.6 is 11.3 Å². The Morgan fingerprint density at radius 1 is 1.28 bits per heavy atom. The van der Waals surface area contributed by atoms with E-state index >= 15 is 0 Å². The summed E-state index contributed by atoms with van der Waals surface area (Å²) in [5.74, 6) is -0.517. The first-order chi connectivity index (χ1) is 12.0. The van der Waals surface area contributed by atoms with Crippen LogP contribution in [-0.2, 0) is 14.8 Å². The first-order valence-electron chi connectivity index (χ1n) is 7.49. The lowest BCUT2D eigenvalue weighted by atomic mass is 10.2. The van der Waals surface area contributed by atoms with Crippen molar-refractivity contribution >= 4 is 33.0 Å². The van der Waals surface area contributed by atoms with Gasteiger partial charge in [-0.1, -0.05) is 6.07 Å². The molecule has 130 valence electrons. The van der Waals surface area contributed by atoms with Crippen molar-refractivity contribution in [2.75, 3.05) is 31.6 Å². The first-order valence-corrected chi connectivity index (χ1v) is 9.81. The van der Waals surface area contributed by atoms with Crippen LogP contribution in [-0.4, -0.2) is 44.9 Å². The summed E-state index contributed by atoms with van der Waals surface area (Å²) in [6.45, 7) is 1.21. The van der Waals surface area contributed by atoms with Crippen LogP contribution < -0.4 is 5.32 Å². The number of anilines is 1. The average Bonchev–Trinajstić information content (AvgIpc) is 3.13. The highest BCUT2D eigenvalue weighted by atomic mass is 32.2. The van der Waals surface area contributed by atoms with E-state index in [4.69, 9.17) is 10.00 Å². The molecule has 1 aliphatic rings. The van der Waals surface area contributed by atoms with Crippen LogP contribution in [0.25, 0.3) is 0 Å². The molecular formula is C16H15N3O4S2. The lowest BCUT2D eigenvalue weighted by Crippen LogP contribution is -2.41. The maximum absolute atomic E-state index is 12.8. The summed E-state index contributed by atoms with van der Waals surface area (Å²) in [5.41, 5.74) is 0.845. The Bertz CT molecular complexity index is 925. The normalized spacial score (nSPS) is 15.5. The zero-order valence-corrected chi connectivity index (χ0v) is 14.8. The van der Waals surface area contributed by atoms with Gasteiger partial charge in [-0.15, -0.1) is 11.3 Å². The summed E-state index contributed by atoms with van der Waals surface area (Å²) in [6, 6.07) is 9.87. The summed E-state index contributed by atoms with van der Waals surface area (Å²) in [7, 11) is -3.75. The van der Waals surface area contributed by atoms with Crippen LogP contribution in [0.15, 0.2) is 40.6 Å². The van der Waals surface area contributed by atoms with Crippen LogP contribution in [0.3, 0.4) is 0 Å². The second kappa shape index (κ2) is 7.33. The van der Waals surface area contributed by atoms with E-state index in [1.165, 1.54) is 16.4 Å². The third-order valence-corrected chi connectivity index (χ3v) is 6.66. The molecule has 25 heavy (non-hydrogen) atoms. The van der Waals surface area contributed by atoms with Gasteiger partial charge in [-0.05, 0) is 29.6 Å². The number of nitrogens with one attached hydrogen (secondary N) is 1. The van der Waals surface area contributed by atoms with Gasteiger partial charge in [-0.2, -0.15) is 9.57 Å². The van der Waals surface area contributed by atoms with Gasteiger partial charge in [0.25, 0.3) is 5.91 Å². The molecular weight excluding hydrogens is 362 g/mol. The number of amides is 1. The smallest absolute Gasteiger partial charge is 0.267 e. The molecule has 9 heteroatoms. The van der Waals surface area contributed by atoms with Crippen molar-refractivity contribution in [1.29, 1.82) is 5.26 Å². The number of sulfonamides is 1. The number of rotatable bonds is 4. The van der Waals surface area contributed by atoms with Crippen molar-refractivity contribution in [3.05, 3.63) is 46.2 Å². The van der Waals surface area contributed by atoms with Gasteiger partial charge in [-0.3, -0.25) is 4.79 Å². The molecule has 0 radical (unpaired) electrons. The number of carbonyl (C=O) groups excluding carboxylic acids is 1. The maximum Gasteiger partial charge on any atom is 0.267 e.